The number of amides is 2. The molecule has 0 saturated carbocycles. The van der Waals surface area contributed by atoms with Crippen LogP contribution in [0.5, 0.6) is 0 Å². The van der Waals surface area contributed by atoms with E-state index in [4.69, 9.17) is 5.73 Å². The minimum Gasteiger partial charge on any atom is -0.368 e. The summed E-state index contributed by atoms with van der Waals surface area (Å²) in [7, 11) is 0. The summed E-state index contributed by atoms with van der Waals surface area (Å²) in [5.41, 5.74) is 7.09. The van der Waals surface area contributed by atoms with Gasteiger partial charge >= 0.3 is 0 Å². The fourth-order valence-electron chi connectivity index (χ4n) is 2.37. The van der Waals surface area contributed by atoms with Crippen LogP contribution in [0.1, 0.15) is 28.8 Å². The van der Waals surface area contributed by atoms with Gasteiger partial charge in [0.25, 0.3) is 5.91 Å². The topological polar surface area (TPSA) is 72.2 Å². The fraction of sp³-hybridized carbons (Fsp3) is 0.222. The van der Waals surface area contributed by atoms with Crippen LogP contribution >= 0.6 is 31.9 Å². The average Bonchev–Trinajstić information content (AvgIpc) is 2.53. The van der Waals surface area contributed by atoms with Crippen molar-refractivity contribution in [2.24, 2.45) is 5.73 Å². The first-order valence-electron chi connectivity index (χ1n) is 7.56. The lowest BCUT2D eigenvalue weighted by molar-refractivity contribution is -0.120. The van der Waals surface area contributed by atoms with Crippen LogP contribution in [-0.2, 0) is 11.2 Å². The zero-order chi connectivity index (χ0) is 17.5. The van der Waals surface area contributed by atoms with E-state index in [1.165, 1.54) is 5.56 Å². The van der Waals surface area contributed by atoms with Gasteiger partial charge in [0.1, 0.15) is 6.04 Å². The summed E-state index contributed by atoms with van der Waals surface area (Å²) in [5.74, 6) is -0.842. The summed E-state index contributed by atoms with van der Waals surface area (Å²) in [4.78, 5) is 24.0. The molecule has 0 saturated heterocycles. The van der Waals surface area contributed by atoms with E-state index in [1.807, 2.05) is 36.4 Å². The maximum atomic E-state index is 12.3. The maximum Gasteiger partial charge on any atom is 0.252 e. The van der Waals surface area contributed by atoms with Gasteiger partial charge in [-0.05, 0) is 43.0 Å². The van der Waals surface area contributed by atoms with E-state index >= 15 is 0 Å². The fourth-order valence-corrected chi connectivity index (χ4v) is 3.66. The number of carbonyl (C=O) groups excluding carboxylic acids is 2. The Balaban J connectivity index is 1.95. The number of halogens is 2. The number of nitrogens with one attached hydrogen (secondary N) is 1. The number of benzene rings is 2. The number of hydrogen-bond donors (Lipinski definition) is 2. The summed E-state index contributed by atoms with van der Waals surface area (Å²) in [6, 6.07) is 14.5. The molecule has 0 spiro atoms. The lowest BCUT2D eigenvalue weighted by Gasteiger charge is -2.16. The van der Waals surface area contributed by atoms with Crippen molar-refractivity contribution < 1.29 is 9.59 Å². The van der Waals surface area contributed by atoms with Crippen LogP contribution in [0.4, 0.5) is 0 Å². The van der Waals surface area contributed by atoms with Gasteiger partial charge in [-0.3, -0.25) is 9.59 Å². The van der Waals surface area contributed by atoms with Crippen LogP contribution in [0.15, 0.2) is 57.5 Å². The molecule has 0 aliphatic carbocycles. The quantitative estimate of drug-likeness (QED) is 0.668. The number of hydrogen-bond acceptors (Lipinski definition) is 2. The van der Waals surface area contributed by atoms with Gasteiger partial charge in [0.15, 0.2) is 0 Å². The average molecular weight is 454 g/mol. The van der Waals surface area contributed by atoms with Crippen molar-refractivity contribution in [1.82, 2.24) is 5.32 Å². The molecule has 0 fully saturated rings. The molecule has 0 aromatic heterocycles. The van der Waals surface area contributed by atoms with Gasteiger partial charge in [-0.2, -0.15) is 0 Å². The summed E-state index contributed by atoms with van der Waals surface area (Å²) in [5, 5.41) is 2.72. The second kappa shape index (κ2) is 8.99. The smallest absolute Gasteiger partial charge is 0.252 e. The van der Waals surface area contributed by atoms with Crippen molar-refractivity contribution in [3.8, 4) is 0 Å². The van der Waals surface area contributed by atoms with E-state index in [-0.39, 0.29) is 5.91 Å². The van der Waals surface area contributed by atoms with E-state index in [9.17, 15) is 9.59 Å². The minimum atomic E-state index is -0.682. The van der Waals surface area contributed by atoms with Gasteiger partial charge in [-0.15, -0.1) is 0 Å². The number of aryl methyl sites for hydroxylation is 1. The third-order valence-electron chi connectivity index (χ3n) is 3.57. The number of primary amides is 1. The van der Waals surface area contributed by atoms with Crippen molar-refractivity contribution in [1.29, 1.82) is 0 Å². The second-order valence-electron chi connectivity index (χ2n) is 5.46. The van der Waals surface area contributed by atoms with Crippen molar-refractivity contribution >= 4 is 43.7 Å². The van der Waals surface area contributed by atoms with Crippen LogP contribution in [0.3, 0.4) is 0 Å². The zero-order valence-corrected chi connectivity index (χ0v) is 16.1. The van der Waals surface area contributed by atoms with E-state index in [0.29, 0.717) is 12.0 Å². The summed E-state index contributed by atoms with van der Waals surface area (Å²) >= 11 is 6.69. The first kappa shape index (κ1) is 18.7. The molecule has 1 atom stereocenters. The Morgan fingerprint density at radius 1 is 1.04 bits per heavy atom. The molecule has 0 radical (unpaired) electrons. The highest BCUT2D eigenvalue weighted by Crippen LogP contribution is 2.20. The van der Waals surface area contributed by atoms with Gasteiger partial charge in [0.05, 0.1) is 0 Å². The molecule has 126 valence electrons. The van der Waals surface area contributed by atoms with Gasteiger partial charge in [-0.1, -0.05) is 62.2 Å². The molecule has 2 aromatic carbocycles. The molecule has 2 amide bonds. The molecule has 6 heteroatoms. The van der Waals surface area contributed by atoms with Crippen molar-refractivity contribution in [3.63, 3.8) is 0 Å². The SMILES string of the molecule is NC(=O)[C@@H](CCCc1ccccc1)NC(=O)c1cc(Br)cc(Br)c1. The van der Waals surface area contributed by atoms with Gasteiger partial charge in [0, 0.05) is 14.5 Å². The Bertz CT molecular complexity index is 700. The molecule has 3 N–H and O–H groups in total. The Hall–Kier alpha value is -1.66. The van der Waals surface area contributed by atoms with E-state index in [0.717, 1.165) is 21.8 Å². The Morgan fingerprint density at radius 2 is 1.67 bits per heavy atom. The van der Waals surface area contributed by atoms with Crippen molar-refractivity contribution in [2.75, 3.05) is 0 Å². The summed E-state index contributed by atoms with van der Waals surface area (Å²) < 4.78 is 1.56. The monoisotopic (exact) mass is 452 g/mol. The van der Waals surface area contributed by atoms with Crippen molar-refractivity contribution in [3.05, 3.63) is 68.6 Å². The molecule has 0 heterocycles. The van der Waals surface area contributed by atoms with E-state index in [2.05, 4.69) is 37.2 Å². The highest BCUT2D eigenvalue weighted by Gasteiger charge is 2.19. The van der Waals surface area contributed by atoms with Crippen LogP contribution in [0, 0.1) is 0 Å². The second-order valence-corrected chi connectivity index (χ2v) is 7.30. The molecule has 2 rings (SSSR count). The number of nitrogens with two attached hydrogens (primary N) is 1. The highest BCUT2D eigenvalue weighted by atomic mass is 79.9. The lowest BCUT2D eigenvalue weighted by atomic mass is 10.0. The summed E-state index contributed by atoms with van der Waals surface area (Å²) in [6.45, 7) is 0. The Morgan fingerprint density at radius 3 is 2.25 bits per heavy atom. The van der Waals surface area contributed by atoms with Crippen molar-refractivity contribution in [2.45, 2.75) is 25.3 Å². The predicted molar refractivity (Wildman–Crippen MR) is 102 cm³/mol. The predicted octanol–water partition coefficient (Wildman–Crippen LogP) is 3.82. The minimum absolute atomic E-state index is 0.319. The van der Waals surface area contributed by atoms with Crippen LogP contribution in [-0.4, -0.2) is 17.9 Å². The zero-order valence-electron chi connectivity index (χ0n) is 13.0. The van der Waals surface area contributed by atoms with E-state index in [1.54, 1.807) is 12.1 Å². The standard InChI is InChI=1S/C18H18Br2N2O2/c19-14-9-13(10-15(20)11-14)18(24)22-16(17(21)23)8-4-7-12-5-2-1-3-6-12/h1-3,5-6,9-11,16H,4,7-8H2,(H2,21,23)(H,22,24)/t16-/m1/s1. The third-order valence-corrected chi connectivity index (χ3v) is 4.49. The number of rotatable bonds is 7. The van der Waals surface area contributed by atoms with E-state index < -0.39 is 11.9 Å². The first-order valence-corrected chi connectivity index (χ1v) is 9.14. The third kappa shape index (κ3) is 5.76. The van der Waals surface area contributed by atoms with Gasteiger partial charge < -0.3 is 11.1 Å². The van der Waals surface area contributed by atoms with Crippen LogP contribution in [0.25, 0.3) is 0 Å². The van der Waals surface area contributed by atoms with Crippen LogP contribution in [0.2, 0.25) is 0 Å². The van der Waals surface area contributed by atoms with Gasteiger partial charge in [-0.25, -0.2) is 0 Å². The summed E-state index contributed by atoms with van der Waals surface area (Å²) in [6.07, 6.45) is 2.11. The molecular weight excluding hydrogens is 436 g/mol. The molecule has 0 unspecified atom stereocenters. The van der Waals surface area contributed by atoms with Crippen LogP contribution < -0.4 is 11.1 Å². The molecular formula is C18H18Br2N2O2. The molecule has 0 aliphatic rings. The molecule has 24 heavy (non-hydrogen) atoms. The molecule has 0 aliphatic heterocycles. The molecule has 4 nitrogen and oxygen atoms in total. The number of carbonyl (C=O) groups is 2. The molecule has 2 aromatic rings. The maximum absolute atomic E-state index is 12.3. The lowest BCUT2D eigenvalue weighted by Crippen LogP contribution is -2.44. The van der Waals surface area contributed by atoms with Gasteiger partial charge in [0.2, 0.25) is 5.91 Å². The normalized spacial score (nSPS) is 11.8. The Kier molecular flexibility index (Phi) is 6.99. The Labute approximate surface area is 158 Å². The first-order chi connectivity index (χ1) is 11.5. The highest BCUT2D eigenvalue weighted by molar-refractivity contribution is 9.11. The largest absolute Gasteiger partial charge is 0.368 e. The molecule has 0 bridgehead atoms.